The van der Waals surface area contributed by atoms with Gasteiger partial charge in [-0.3, -0.25) is 9.59 Å². The quantitative estimate of drug-likeness (QED) is 0.615. The molecule has 2 aromatic carbocycles. The molecule has 2 aromatic rings. The number of carbonyl (C=O) groups excluding carboxylic acids is 2. The molecule has 0 saturated carbocycles. The van der Waals surface area contributed by atoms with Crippen molar-refractivity contribution in [3.05, 3.63) is 71.8 Å². The fraction of sp³-hybridized carbons (Fsp3) is 0.333. The van der Waals surface area contributed by atoms with Crippen LogP contribution < -0.4 is 0 Å². The predicted octanol–water partition coefficient (Wildman–Crippen LogP) is 3.95. The Morgan fingerprint density at radius 3 is 1.40 bits per heavy atom. The molecular formula is C21H24O4. The van der Waals surface area contributed by atoms with Crippen LogP contribution in [0.4, 0.5) is 0 Å². The van der Waals surface area contributed by atoms with Crippen LogP contribution in [0.5, 0.6) is 0 Å². The Hall–Kier alpha value is -2.30. The number of ether oxygens (including phenoxy) is 2. The highest BCUT2D eigenvalue weighted by Gasteiger charge is 2.29. The van der Waals surface area contributed by atoms with Crippen molar-refractivity contribution in [1.82, 2.24) is 0 Å². The molecule has 0 radical (unpaired) electrons. The van der Waals surface area contributed by atoms with Crippen LogP contribution >= 0.6 is 0 Å². The Morgan fingerprint density at radius 2 is 1.08 bits per heavy atom. The average Bonchev–Trinajstić information content (AvgIpc) is 2.67. The topological polar surface area (TPSA) is 52.6 Å². The van der Waals surface area contributed by atoms with Gasteiger partial charge < -0.3 is 9.47 Å². The van der Waals surface area contributed by atoms with Gasteiger partial charge in [0.1, 0.15) is 12.2 Å². The molecule has 0 bridgehead atoms. The summed E-state index contributed by atoms with van der Waals surface area (Å²) in [4.78, 5) is 25.5. The summed E-state index contributed by atoms with van der Waals surface area (Å²) in [7, 11) is 0. The third-order valence-electron chi connectivity index (χ3n) is 3.87. The summed E-state index contributed by atoms with van der Waals surface area (Å²) in [6, 6.07) is 18.0. The molecule has 0 aliphatic rings. The highest BCUT2D eigenvalue weighted by atomic mass is 16.5. The molecule has 0 fully saturated rings. The first-order chi connectivity index (χ1) is 12.2. The van der Waals surface area contributed by atoms with Crippen LogP contribution in [0.25, 0.3) is 0 Å². The van der Waals surface area contributed by atoms with E-state index in [1.54, 1.807) is 24.3 Å². The summed E-state index contributed by atoms with van der Waals surface area (Å²) in [5.74, 6) is -0.263. The average molecular weight is 340 g/mol. The molecule has 0 aliphatic carbocycles. The first kappa shape index (κ1) is 19.0. The van der Waals surface area contributed by atoms with Crippen molar-refractivity contribution >= 4 is 11.6 Å². The molecule has 2 rings (SSSR count). The van der Waals surface area contributed by atoms with Crippen molar-refractivity contribution in [3.63, 3.8) is 0 Å². The van der Waals surface area contributed by atoms with Crippen LogP contribution in [0, 0.1) is 0 Å². The van der Waals surface area contributed by atoms with Crippen molar-refractivity contribution in [1.29, 1.82) is 0 Å². The van der Waals surface area contributed by atoms with Crippen LogP contribution in [0.15, 0.2) is 60.7 Å². The molecule has 25 heavy (non-hydrogen) atoms. The Balaban J connectivity index is 2.18. The van der Waals surface area contributed by atoms with Gasteiger partial charge in [0.2, 0.25) is 0 Å². The van der Waals surface area contributed by atoms with Crippen LogP contribution in [0.1, 0.15) is 41.0 Å². The molecule has 132 valence electrons. The third kappa shape index (κ3) is 5.34. The van der Waals surface area contributed by atoms with Crippen LogP contribution in [-0.2, 0) is 9.47 Å². The zero-order chi connectivity index (χ0) is 18.1. The van der Waals surface area contributed by atoms with Gasteiger partial charge in [-0.25, -0.2) is 0 Å². The molecule has 2 atom stereocenters. The minimum atomic E-state index is -0.711. The molecule has 0 saturated heterocycles. The summed E-state index contributed by atoms with van der Waals surface area (Å²) >= 11 is 0. The summed E-state index contributed by atoms with van der Waals surface area (Å²) in [5.41, 5.74) is 1.15. The van der Waals surface area contributed by atoms with Crippen molar-refractivity contribution < 1.29 is 19.1 Å². The van der Waals surface area contributed by atoms with Gasteiger partial charge >= 0.3 is 0 Å². The van der Waals surface area contributed by atoms with E-state index < -0.39 is 12.2 Å². The molecule has 0 aliphatic heterocycles. The van der Waals surface area contributed by atoms with Crippen molar-refractivity contribution in [2.75, 3.05) is 13.2 Å². The number of hydrogen-bond donors (Lipinski definition) is 0. The number of carbonyl (C=O) groups is 2. The largest absolute Gasteiger partial charge is 0.370 e. The Bertz CT molecular complexity index is 607. The second-order valence-corrected chi connectivity index (χ2v) is 5.58. The number of ketones is 2. The van der Waals surface area contributed by atoms with E-state index >= 15 is 0 Å². The molecule has 2 unspecified atom stereocenters. The van der Waals surface area contributed by atoms with Crippen molar-refractivity contribution in [2.24, 2.45) is 0 Å². The summed E-state index contributed by atoms with van der Waals surface area (Å²) < 4.78 is 11.3. The lowest BCUT2D eigenvalue weighted by molar-refractivity contribution is 0.00133. The van der Waals surface area contributed by atoms with Gasteiger partial charge in [0.05, 0.1) is 0 Å². The van der Waals surface area contributed by atoms with Gasteiger partial charge in [-0.1, -0.05) is 60.7 Å². The molecule has 0 aromatic heterocycles. The number of hydrogen-bond acceptors (Lipinski definition) is 4. The highest BCUT2D eigenvalue weighted by Crippen LogP contribution is 2.17. The van der Waals surface area contributed by atoms with E-state index in [1.807, 2.05) is 50.2 Å². The van der Waals surface area contributed by atoms with E-state index in [2.05, 4.69) is 0 Å². The third-order valence-corrected chi connectivity index (χ3v) is 3.87. The minimum absolute atomic E-state index is 0.131. The number of rotatable bonds is 10. The maximum Gasteiger partial charge on any atom is 0.191 e. The second kappa shape index (κ2) is 9.87. The lowest BCUT2D eigenvalue weighted by Crippen LogP contribution is -2.35. The minimum Gasteiger partial charge on any atom is -0.370 e. The zero-order valence-electron chi connectivity index (χ0n) is 14.7. The van der Waals surface area contributed by atoms with Crippen LogP contribution in [0.3, 0.4) is 0 Å². The fourth-order valence-corrected chi connectivity index (χ4v) is 2.67. The summed E-state index contributed by atoms with van der Waals surface area (Å²) in [6.07, 6.45) is -1.23. The monoisotopic (exact) mass is 340 g/mol. The van der Waals surface area contributed by atoms with Crippen molar-refractivity contribution in [2.45, 2.75) is 32.5 Å². The maximum absolute atomic E-state index is 12.7. The Labute approximate surface area is 148 Å². The Morgan fingerprint density at radius 1 is 0.720 bits per heavy atom. The van der Waals surface area contributed by atoms with Gasteiger partial charge in [-0.2, -0.15) is 0 Å². The summed E-state index contributed by atoms with van der Waals surface area (Å²) in [5, 5.41) is 0. The van der Waals surface area contributed by atoms with E-state index in [4.69, 9.17) is 9.47 Å². The van der Waals surface area contributed by atoms with E-state index in [0.717, 1.165) is 0 Å². The first-order valence-electron chi connectivity index (χ1n) is 8.59. The fourth-order valence-electron chi connectivity index (χ4n) is 2.67. The van der Waals surface area contributed by atoms with Gasteiger partial charge in [0, 0.05) is 30.8 Å². The molecule has 4 nitrogen and oxygen atoms in total. The smallest absolute Gasteiger partial charge is 0.191 e. The van der Waals surface area contributed by atoms with E-state index in [-0.39, 0.29) is 18.0 Å². The SMILES string of the molecule is CCOC(CC(OCC)C(=O)c1ccccc1)C(=O)c1ccccc1. The van der Waals surface area contributed by atoms with Crippen LogP contribution in [0.2, 0.25) is 0 Å². The molecule has 0 spiro atoms. The predicted molar refractivity (Wildman–Crippen MR) is 97.0 cm³/mol. The van der Waals surface area contributed by atoms with Crippen LogP contribution in [-0.4, -0.2) is 37.0 Å². The van der Waals surface area contributed by atoms with Crippen molar-refractivity contribution in [3.8, 4) is 0 Å². The van der Waals surface area contributed by atoms with Gasteiger partial charge in [-0.05, 0) is 13.8 Å². The normalized spacial score (nSPS) is 13.2. The second-order valence-electron chi connectivity index (χ2n) is 5.58. The summed E-state index contributed by atoms with van der Waals surface area (Å²) in [6.45, 7) is 4.45. The maximum atomic E-state index is 12.7. The zero-order valence-corrected chi connectivity index (χ0v) is 14.7. The molecule has 4 heteroatoms. The van der Waals surface area contributed by atoms with Gasteiger partial charge in [0.15, 0.2) is 11.6 Å². The molecule has 0 heterocycles. The Kier molecular flexibility index (Phi) is 7.51. The number of Topliss-reactive ketones (excluding diaryl/α,β-unsaturated/α-hetero) is 2. The lowest BCUT2D eigenvalue weighted by Gasteiger charge is -2.22. The van der Waals surface area contributed by atoms with Gasteiger partial charge in [0.25, 0.3) is 0 Å². The lowest BCUT2D eigenvalue weighted by atomic mass is 9.96. The highest BCUT2D eigenvalue weighted by molar-refractivity contribution is 6.02. The number of benzene rings is 2. The molecule has 0 amide bonds. The first-order valence-corrected chi connectivity index (χ1v) is 8.59. The molecular weight excluding hydrogens is 316 g/mol. The molecule has 0 N–H and O–H groups in total. The standard InChI is InChI=1S/C21H24O4/c1-3-24-18(20(22)16-11-7-5-8-12-16)15-19(25-4-2)21(23)17-13-9-6-10-14-17/h5-14,18-19H,3-4,15H2,1-2H3. The van der Waals surface area contributed by atoms with E-state index in [1.165, 1.54) is 0 Å². The van der Waals surface area contributed by atoms with E-state index in [9.17, 15) is 9.59 Å². The van der Waals surface area contributed by atoms with Gasteiger partial charge in [-0.15, -0.1) is 0 Å². The van der Waals surface area contributed by atoms with E-state index in [0.29, 0.717) is 24.3 Å².